The fourth-order valence-corrected chi connectivity index (χ4v) is 4.61. The number of carbonyl (C=O) groups is 1. The lowest BCUT2D eigenvalue weighted by Crippen LogP contribution is -2.41. The molecule has 0 spiro atoms. The van der Waals surface area contributed by atoms with Crippen LogP contribution in [0.1, 0.15) is 48.9 Å². The zero-order chi connectivity index (χ0) is 21.7. The van der Waals surface area contributed by atoms with Gasteiger partial charge in [-0.05, 0) is 68.6 Å². The molecule has 0 unspecified atom stereocenters. The van der Waals surface area contributed by atoms with E-state index in [1.54, 1.807) is 7.11 Å². The van der Waals surface area contributed by atoms with Gasteiger partial charge in [0.25, 0.3) is 0 Å². The fourth-order valence-electron chi connectivity index (χ4n) is 4.09. The van der Waals surface area contributed by atoms with Crippen LogP contribution in [0.3, 0.4) is 0 Å². The molecule has 1 saturated heterocycles. The van der Waals surface area contributed by atoms with Crippen LogP contribution in [-0.2, 0) is 11.3 Å². The summed E-state index contributed by atoms with van der Waals surface area (Å²) in [5, 5.41) is 4.65. The average molecular weight is 449 g/mol. The first kappa shape index (κ1) is 22.9. The first-order valence-electron chi connectivity index (χ1n) is 10.5. The molecule has 162 valence electrons. The van der Waals surface area contributed by atoms with Crippen LogP contribution in [0.4, 0.5) is 0 Å². The quantitative estimate of drug-likeness (QED) is 0.582. The van der Waals surface area contributed by atoms with E-state index in [2.05, 4.69) is 23.2 Å². The summed E-state index contributed by atoms with van der Waals surface area (Å²) < 4.78 is 5.35. The van der Waals surface area contributed by atoms with Crippen LogP contribution in [0.5, 0.6) is 5.75 Å². The second-order valence-electron chi connectivity index (χ2n) is 7.95. The molecule has 4 nitrogen and oxygen atoms in total. The number of hydrogen-bond acceptors (Lipinski definition) is 3. The number of nitrogens with one attached hydrogen (secondary N) is 1. The third kappa shape index (κ3) is 5.48. The van der Waals surface area contributed by atoms with E-state index in [1.165, 1.54) is 0 Å². The van der Waals surface area contributed by atoms with Crippen molar-refractivity contribution in [1.29, 1.82) is 0 Å². The fraction of sp³-hybridized carbons (Fsp3) is 0.458. The number of ether oxygens (including phenoxy) is 1. The Bertz CT molecular complexity index is 859. The topological polar surface area (TPSA) is 41.6 Å². The summed E-state index contributed by atoms with van der Waals surface area (Å²) in [6.07, 6.45) is 2.53. The van der Waals surface area contributed by atoms with E-state index in [4.69, 9.17) is 27.9 Å². The number of piperidine rings is 1. The van der Waals surface area contributed by atoms with Crippen molar-refractivity contribution >= 4 is 29.1 Å². The lowest BCUT2D eigenvalue weighted by molar-refractivity contribution is -0.127. The third-order valence-electron chi connectivity index (χ3n) is 5.95. The molecule has 1 aliphatic rings. The predicted molar refractivity (Wildman–Crippen MR) is 123 cm³/mol. The van der Waals surface area contributed by atoms with Gasteiger partial charge in [0.1, 0.15) is 5.75 Å². The highest BCUT2D eigenvalue weighted by atomic mass is 35.5. The Labute approximate surface area is 189 Å². The number of halogens is 2. The van der Waals surface area contributed by atoms with E-state index in [9.17, 15) is 4.79 Å². The van der Waals surface area contributed by atoms with Gasteiger partial charge in [-0.3, -0.25) is 9.69 Å². The summed E-state index contributed by atoms with van der Waals surface area (Å²) in [7, 11) is 1.67. The molecule has 1 aliphatic heterocycles. The molecule has 30 heavy (non-hydrogen) atoms. The van der Waals surface area contributed by atoms with Crippen LogP contribution in [0, 0.1) is 12.8 Å². The standard InChI is InChI=1S/C24H30Cl2N2O2/c1-4-22(18-8-9-23(30-3)16(2)14-18)27-24(29)17-10-12-28(13-11-17)15-19-20(25)6-5-7-21(19)26/h5-9,14,17,22H,4,10-13,15H2,1-3H3,(H,27,29)/t22-/m1/s1. The van der Waals surface area contributed by atoms with Crippen molar-refractivity contribution in [2.45, 2.75) is 45.7 Å². The van der Waals surface area contributed by atoms with Crippen molar-refractivity contribution in [2.24, 2.45) is 5.92 Å². The minimum atomic E-state index is 0.0158. The Hall–Kier alpha value is -1.75. The maximum Gasteiger partial charge on any atom is 0.223 e. The highest BCUT2D eigenvalue weighted by Crippen LogP contribution is 2.29. The second kappa shape index (κ2) is 10.5. The van der Waals surface area contributed by atoms with Crippen molar-refractivity contribution in [3.8, 4) is 5.75 Å². The molecule has 1 heterocycles. The third-order valence-corrected chi connectivity index (χ3v) is 6.66. The first-order chi connectivity index (χ1) is 14.4. The normalized spacial score (nSPS) is 16.3. The molecule has 1 fully saturated rings. The Kier molecular flexibility index (Phi) is 8.04. The molecule has 1 N–H and O–H groups in total. The highest BCUT2D eigenvalue weighted by Gasteiger charge is 2.27. The van der Waals surface area contributed by atoms with Crippen LogP contribution in [0.25, 0.3) is 0 Å². The van der Waals surface area contributed by atoms with Crippen molar-refractivity contribution < 1.29 is 9.53 Å². The minimum absolute atomic E-state index is 0.0158. The van der Waals surface area contributed by atoms with Gasteiger partial charge in [0.2, 0.25) is 5.91 Å². The van der Waals surface area contributed by atoms with Gasteiger partial charge in [-0.25, -0.2) is 0 Å². The predicted octanol–water partition coefficient (Wildman–Crippen LogP) is 5.79. The SMILES string of the molecule is CC[C@@H](NC(=O)C1CCN(Cc2c(Cl)cccc2Cl)CC1)c1ccc(OC)c(C)c1. The Morgan fingerprint density at radius 2 is 1.87 bits per heavy atom. The van der Waals surface area contributed by atoms with Gasteiger partial charge in [0, 0.05) is 28.1 Å². The van der Waals surface area contributed by atoms with Gasteiger partial charge >= 0.3 is 0 Å². The van der Waals surface area contributed by atoms with E-state index in [1.807, 2.05) is 37.3 Å². The zero-order valence-electron chi connectivity index (χ0n) is 17.9. The molecule has 0 bridgehead atoms. The Balaban J connectivity index is 1.56. The zero-order valence-corrected chi connectivity index (χ0v) is 19.4. The smallest absolute Gasteiger partial charge is 0.223 e. The maximum atomic E-state index is 12.9. The Morgan fingerprint density at radius 1 is 1.20 bits per heavy atom. The molecule has 2 aromatic rings. The number of rotatable bonds is 7. The number of aryl methyl sites for hydroxylation is 1. The average Bonchev–Trinajstić information content (AvgIpc) is 2.75. The van der Waals surface area contributed by atoms with Crippen molar-refractivity contribution in [3.63, 3.8) is 0 Å². The van der Waals surface area contributed by atoms with Crippen molar-refractivity contribution in [2.75, 3.05) is 20.2 Å². The van der Waals surface area contributed by atoms with Crippen LogP contribution in [-0.4, -0.2) is 31.0 Å². The molecule has 0 radical (unpaired) electrons. The van der Waals surface area contributed by atoms with Gasteiger partial charge in [-0.2, -0.15) is 0 Å². The number of hydrogen-bond donors (Lipinski definition) is 1. The van der Waals surface area contributed by atoms with E-state index in [0.29, 0.717) is 10.0 Å². The number of likely N-dealkylation sites (tertiary alicyclic amines) is 1. The monoisotopic (exact) mass is 448 g/mol. The summed E-state index contributed by atoms with van der Waals surface area (Å²) in [6.45, 7) is 6.56. The Morgan fingerprint density at radius 3 is 2.43 bits per heavy atom. The number of carbonyl (C=O) groups excluding carboxylic acids is 1. The first-order valence-corrected chi connectivity index (χ1v) is 11.3. The molecule has 0 saturated carbocycles. The van der Waals surface area contributed by atoms with Gasteiger partial charge in [-0.1, -0.05) is 48.3 Å². The van der Waals surface area contributed by atoms with Gasteiger partial charge in [-0.15, -0.1) is 0 Å². The van der Waals surface area contributed by atoms with Crippen LogP contribution in [0.2, 0.25) is 10.0 Å². The number of methoxy groups -OCH3 is 1. The minimum Gasteiger partial charge on any atom is -0.496 e. The number of nitrogens with zero attached hydrogens (tertiary/aromatic N) is 1. The van der Waals surface area contributed by atoms with E-state index in [-0.39, 0.29) is 17.9 Å². The van der Waals surface area contributed by atoms with Crippen LogP contribution < -0.4 is 10.1 Å². The van der Waals surface area contributed by atoms with E-state index < -0.39 is 0 Å². The molecule has 1 amide bonds. The molecular weight excluding hydrogens is 419 g/mol. The largest absolute Gasteiger partial charge is 0.496 e. The van der Waals surface area contributed by atoms with Gasteiger partial charge < -0.3 is 10.1 Å². The molecule has 3 rings (SSSR count). The lowest BCUT2D eigenvalue weighted by atomic mass is 9.94. The highest BCUT2D eigenvalue weighted by molar-refractivity contribution is 6.35. The van der Waals surface area contributed by atoms with Crippen LogP contribution >= 0.6 is 23.2 Å². The summed E-state index contributed by atoms with van der Waals surface area (Å²) in [5.41, 5.74) is 3.16. The molecule has 1 atom stereocenters. The molecule has 2 aromatic carbocycles. The molecular formula is C24H30Cl2N2O2. The lowest BCUT2D eigenvalue weighted by Gasteiger charge is -2.32. The number of benzene rings is 2. The van der Waals surface area contributed by atoms with Gasteiger partial charge in [0.05, 0.1) is 13.2 Å². The number of amides is 1. The van der Waals surface area contributed by atoms with E-state index >= 15 is 0 Å². The second-order valence-corrected chi connectivity index (χ2v) is 8.76. The molecule has 0 aromatic heterocycles. The molecule has 0 aliphatic carbocycles. The van der Waals surface area contributed by atoms with Crippen molar-refractivity contribution in [3.05, 3.63) is 63.1 Å². The summed E-state index contributed by atoms with van der Waals surface area (Å²) >= 11 is 12.6. The summed E-state index contributed by atoms with van der Waals surface area (Å²) in [6, 6.07) is 11.7. The molecule has 6 heteroatoms. The summed E-state index contributed by atoms with van der Waals surface area (Å²) in [5.74, 6) is 1.05. The summed E-state index contributed by atoms with van der Waals surface area (Å²) in [4.78, 5) is 15.2. The van der Waals surface area contributed by atoms with E-state index in [0.717, 1.165) is 61.3 Å². The maximum absolute atomic E-state index is 12.9. The van der Waals surface area contributed by atoms with Gasteiger partial charge in [0.15, 0.2) is 0 Å². The van der Waals surface area contributed by atoms with Crippen molar-refractivity contribution in [1.82, 2.24) is 10.2 Å². The van der Waals surface area contributed by atoms with Crippen LogP contribution in [0.15, 0.2) is 36.4 Å².